The molecule has 1 aromatic rings. The Hall–Kier alpha value is -0.500. The molecule has 2 atom stereocenters. The molecule has 1 saturated carbocycles. The lowest BCUT2D eigenvalue weighted by molar-refractivity contribution is 0.444. The van der Waals surface area contributed by atoms with Crippen molar-refractivity contribution >= 4 is 21.6 Å². The topological polar surface area (TPSA) is 12.0 Å². The van der Waals surface area contributed by atoms with Crippen molar-refractivity contribution in [1.82, 2.24) is 0 Å². The quantitative estimate of drug-likeness (QED) is 0.724. The van der Waals surface area contributed by atoms with Crippen LogP contribution in [0.15, 0.2) is 22.7 Å². The van der Waals surface area contributed by atoms with Crippen LogP contribution in [-0.4, -0.2) is 6.04 Å². The molecule has 0 aliphatic heterocycles. The van der Waals surface area contributed by atoms with Crippen molar-refractivity contribution in [3.63, 3.8) is 0 Å². The first-order chi connectivity index (χ1) is 8.70. The molecule has 1 aliphatic carbocycles. The van der Waals surface area contributed by atoms with E-state index in [-0.39, 0.29) is 0 Å². The summed E-state index contributed by atoms with van der Waals surface area (Å²) < 4.78 is 1.22. The number of nitrogens with one attached hydrogen (secondary N) is 1. The van der Waals surface area contributed by atoms with Crippen molar-refractivity contribution in [2.24, 2.45) is 5.92 Å². The minimum Gasteiger partial charge on any atom is -0.381 e. The monoisotopic (exact) mass is 309 g/mol. The van der Waals surface area contributed by atoms with Gasteiger partial charge in [-0.3, -0.25) is 0 Å². The van der Waals surface area contributed by atoms with E-state index in [0.29, 0.717) is 6.04 Å². The first-order valence-corrected chi connectivity index (χ1v) is 8.01. The summed E-state index contributed by atoms with van der Waals surface area (Å²) >= 11 is 3.69. The second-order valence-corrected chi connectivity index (χ2v) is 6.35. The second-order valence-electron chi connectivity index (χ2n) is 5.56. The van der Waals surface area contributed by atoms with E-state index in [1.54, 1.807) is 0 Å². The van der Waals surface area contributed by atoms with Gasteiger partial charge in [-0.1, -0.05) is 38.3 Å². The number of rotatable bonds is 3. The van der Waals surface area contributed by atoms with Crippen molar-refractivity contribution in [3.8, 4) is 0 Å². The van der Waals surface area contributed by atoms with Gasteiger partial charge in [0.1, 0.15) is 0 Å². The molecule has 0 amide bonds. The predicted molar refractivity (Wildman–Crippen MR) is 83.2 cm³/mol. The van der Waals surface area contributed by atoms with Gasteiger partial charge < -0.3 is 5.32 Å². The molecule has 0 aromatic heterocycles. The lowest BCUT2D eigenvalue weighted by Gasteiger charge is -2.19. The molecule has 0 bridgehead atoms. The van der Waals surface area contributed by atoms with Crippen LogP contribution in [0.3, 0.4) is 0 Å². The fourth-order valence-electron chi connectivity index (χ4n) is 2.91. The van der Waals surface area contributed by atoms with Crippen LogP contribution in [0.1, 0.15) is 51.0 Å². The normalized spacial score (nSPS) is 24.6. The van der Waals surface area contributed by atoms with Gasteiger partial charge in [0.05, 0.1) is 0 Å². The molecule has 1 aliphatic rings. The third-order valence-electron chi connectivity index (χ3n) is 4.22. The van der Waals surface area contributed by atoms with E-state index in [9.17, 15) is 0 Å². The molecule has 1 fully saturated rings. The summed E-state index contributed by atoms with van der Waals surface area (Å²) in [6.07, 6.45) is 8.16. The highest BCUT2D eigenvalue weighted by Crippen LogP contribution is 2.30. The lowest BCUT2D eigenvalue weighted by atomic mass is 9.98. The van der Waals surface area contributed by atoms with Crippen LogP contribution in [0, 0.1) is 12.8 Å². The minimum absolute atomic E-state index is 0.652. The molecular formula is C16H24BrN. The Morgan fingerprint density at radius 3 is 2.83 bits per heavy atom. The van der Waals surface area contributed by atoms with E-state index in [0.717, 1.165) is 5.92 Å². The second kappa shape index (κ2) is 6.60. The van der Waals surface area contributed by atoms with E-state index in [2.05, 4.69) is 53.3 Å². The van der Waals surface area contributed by atoms with Gasteiger partial charge >= 0.3 is 0 Å². The van der Waals surface area contributed by atoms with Crippen LogP contribution in [0.5, 0.6) is 0 Å². The standard InChI is InChI=1S/C16H24BrN/c1-3-13-7-5-8-14(11-10-13)18-15-9-4-6-12(2)16(15)17/h4,6,9,13-14,18H,3,5,7-8,10-11H2,1-2H3. The third-order valence-corrected chi connectivity index (χ3v) is 5.27. The summed E-state index contributed by atoms with van der Waals surface area (Å²) in [5, 5.41) is 3.73. The summed E-state index contributed by atoms with van der Waals surface area (Å²) in [5.74, 6) is 0.956. The highest BCUT2D eigenvalue weighted by molar-refractivity contribution is 9.10. The molecule has 2 unspecified atom stereocenters. The maximum absolute atomic E-state index is 3.73. The van der Waals surface area contributed by atoms with Gasteiger partial charge in [-0.2, -0.15) is 0 Å². The Bertz CT molecular complexity index is 389. The zero-order valence-corrected chi connectivity index (χ0v) is 13.1. The van der Waals surface area contributed by atoms with Crippen LogP contribution >= 0.6 is 15.9 Å². The van der Waals surface area contributed by atoms with Crippen molar-refractivity contribution in [2.45, 2.75) is 58.4 Å². The van der Waals surface area contributed by atoms with Crippen LogP contribution in [0.2, 0.25) is 0 Å². The molecule has 100 valence electrons. The fourth-order valence-corrected chi connectivity index (χ4v) is 3.29. The van der Waals surface area contributed by atoms with E-state index >= 15 is 0 Å². The van der Waals surface area contributed by atoms with Crippen molar-refractivity contribution in [2.75, 3.05) is 5.32 Å². The fraction of sp³-hybridized carbons (Fsp3) is 0.625. The van der Waals surface area contributed by atoms with Crippen molar-refractivity contribution < 1.29 is 0 Å². The van der Waals surface area contributed by atoms with Gasteiger partial charge in [-0.05, 0) is 59.7 Å². The summed E-state index contributed by atoms with van der Waals surface area (Å²) in [6.45, 7) is 4.48. The number of hydrogen-bond donors (Lipinski definition) is 1. The predicted octanol–water partition coefficient (Wildman–Crippen LogP) is 5.53. The Morgan fingerprint density at radius 1 is 1.22 bits per heavy atom. The molecule has 1 N–H and O–H groups in total. The Labute approximate surface area is 119 Å². The summed E-state index contributed by atoms with van der Waals surface area (Å²) in [4.78, 5) is 0. The molecule has 0 spiro atoms. The average molecular weight is 310 g/mol. The van der Waals surface area contributed by atoms with Gasteiger partial charge in [0.2, 0.25) is 0 Å². The van der Waals surface area contributed by atoms with E-state index in [1.165, 1.54) is 54.2 Å². The molecule has 0 saturated heterocycles. The summed E-state index contributed by atoms with van der Waals surface area (Å²) in [7, 11) is 0. The first-order valence-electron chi connectivity index (χ1n) is 7.22. The Morgan fingerprint density at radius 2 is 2.06 bits per heavy atom. The van der Waals surface area contributed by atoms with Crippen LogP contribution in [-0.2, 0) is 0 Å². The zero-order chi connectivity index (χ0) is 13.0. The number of halogens is 1. The minimum atomic E-state index is 0.652. The smallest absolute Gasteiger partial charge is 0.0489 e. The number of aryl methyl sites for hydroxylation is 1. The number of hydrogen-bond acceptors (Lipinski definition) is 1. The Kier molecular flexibility index (Phi) is 5.11. The van der Waals surface area contributed by atoms with E-state index < -0.39 is 0 Å². The summed E-state index contributed by atoms with van der Waals surface area (Å²) in [5.41, 5.74) is 2.56. The molecule has 2 heteroatoms. The molecule has 2 rings (SSSR count). The van der Waals surface area contributed by atoms with Gasteiger partial charge in [0.15, 0.2) is 0 Å². The van der Waals surface area contributed by atoms with Gasteiger partial charge in [-0.25, -0.2) is 0 Å². The van der Waals surface area contributed by atoms with Crippen LogP contribution < -0.4 is 5.32 Å². The first kappa shape index (κ1) is 13.9. The van der Waals surface area contributed by atoms with Gasteiger partial charge in [0, 0.05) is 16.2 Å². The van der Waals surface area contributed by atoms with Gasteiger partial charge in [-0.15, -0.1) is 0 Å². The number of benzene rings is 1. The highest BCUT2D eigenvalue weighted by atomic mass is 79.9. The van der Waals surface area contributed by atoms with Crippen molar-refractivity contribution in [3.05, 3.63) is 28.2 Å². The summed E-state index contributed by atoms with van der Waals surface area (Å²) in [6, 6.07) is 7.11. The van der Waals surface area contributed by atoms with Crippen LogP contribution in [0.4, 0.5) is 5.69 Å². The molecule has 18 heavy (non-hydrogen) atoms. The maximum Gasteiger partial charge on any atom is 0.0489 e. The van der Waals surface area contributed by atoms with Crippen LogP contribution in [0.25, 0.3) is 0 Å². The maximum atomic E-state index is 3.73. The molecule has 0 radical (unpaired) electrons. The lowest BCUT2D eigenvalue weighted by Crippen LogP contribution is -2.18. The van der Waals surface area contributed by atoms with E-state index in [1.807, 2.05) is 0 Å². The molecule has 1 aromatic carbocycles. The van der Waals surface area contributed by atoms with Gasteiger partial charge in [0.25, 0.3) is 0 Å². The largest absolute Gasteiger partial charge is 0.381 e. The molecular weight excluding hydrogens is 286 g/mol. The number of anilines is 1. The zero-order valence-electron chi connectivity index (χ0n) is 11.5. The molecule has 1 nitrogen and oxygen atoms in total. The third kappa shape index (κ3) is 3.50. The highest BCUT2D eigenvalue weighted by Gasteiger charge is 2.18. The Balaban J connectivity index is 1.99. The average Bonchev–Trinajstić information content (AvgIpc) is 2.60. The van der Waals surface area contributed by atoms with Crippen molar-refractivity contribution in [1.29, 1.82) is 0 Å². The SMILES string of the molecule is CCC1CCCC(Nc2cccc(C)c2Br)CC1. The van der Waals surface area contributed by atoms with E-state index in [4.69, 9.17) is 0 Å². The molecule has 0 heterocycles.